The number of carbonyl (C=O) groups excluding carboxylic acids is 4. The average molecular weight is 466 g/mol. The minimum Gasteiger partial charge on any atom is -0.480 e. The topological polar surface area (TPSA) is 234 Å². The van der Waals surface area contributed by atoms with Gasteiger partial charge in [0, 0.05) is 0 Å². The molecule has 0 saturated carbocycles. The minimum absolute atomic E-state index is 0.152. The third-order valence-corrected chi connectivity index (χ3v) is 4.79. The van der Waals surface area contributed by atoms with Crippen LogP contribution in [0.5, 0.6) is 0 Å². The first-order valence-electron chi connectivity index (χ1n) is 9.34. The van der Waals surface area contributed by atoms with Crippen molar-refractivity contribution >= 4 is 41.4 Å². The van der Waals surface area contributed by atoms with Crippen LogP contribution < -0.4 is 27.4 Å². The van der Waals surface area contributed by atoms with Gasteiger partial charge in [-0.25, -0.2) is 4.79 Å². The molecule has 4 amide bonds. The van der Waals surface area contributed by atoms with Gasteiger partial charge in [0.25, 0.3) is 0 Å². The minimum atomic E-state index is -1.65. The van der Waals surface area contributed by atoms with Crippen LogP contribution in [0.1, 0.15) is 26.7 Å². The lowest BCUT2D eigenvalue weighted by Crippen LogP contribution is -2.60. The number of primary amides is 1. The Morgan fingerprint density at radius 3 is 1.87 bits per heavy atom. The van der Waals surface area contributed by atoms with Crippen LogP contribution >= 0.6 is 11.8 Å². The van der Waals surface area contributed by atoms with Crippen molar-refractivity contribution in [1.82, 2.24) is 16.0 Å². The number of thioether (sulfide) groups is 1. The van der Waals surface area contributed by atoms with E-state index < -0.39 is 72.4 Å². The van der Waals surface area contributed by atoms with Crippen LogP contribution in [0.4, 0.5) is 0 Å². The van der Waals surface area contributed by atoms with E-state index in [1.165, 1.54) is 25.6 Å². The van der Waals surface area contributed by atoms with E-state index in [4.69, 9.17) is 16.6 Å². The van der Waals surface area contributed by atoms with Crippen molar-refractivity contribution < 1.29 is 39.3 Å². The van der Waals surface area contributed by atoms with E-state index in [0.717, 1.165) is 0 Å². The molecule has 0 rings (SSSR count). The standard InChI is InChI=1S/C17H31N5O8S/c1-7(23)12(19)15(27)20-9(4-5-31-3)14(26)22-13(8(2)24)16(28)21-10(17(29)30)6-11(18)25/h7-10,12-13,23-24H,4-6,19H2,1-3H3,(H2,18,25)(H,20,27)(H,21,28)(H,22,26)(H,29,30). The van der Waals surface area contributed by atoms with Crippen molar-refractivity contribution in [1.29, 1.82) is 0 Å². The monoisotopic (exact) mass is 465 g/mol. The smallest absolute Gasteiger partial charge is 0.326 e. The SMILES string of the molecule is CSCCC(NC(=O)C(N)C(C)O)C(=O)NC(C(=O)NC(CC(N)=O)C(=O)O)C(C)O. The summed E-state index contributed by atoms with van der Waals surface area (Å²) in [4.78, 5) is 59.4. The average Bonchev–Trinajstić information content (AvgIpc) is 2.66. The van der Waals surface area contributed by atoms with Crippen LogP contribution in [0.3, 0.4) is 0 Å². The highest BCUT2D eigenvalue weighted by Crippen LogP contribution is 2.05. The predicted octanol–water partition coefficient (Wildman–Crippen LogP) is -3.76. The zero-order valence-electron chi connectivity index (χ0n) is 17.5. The van der Waals surface area contributed by atoms with Crippen molar-refractivity contribution in [2.24, 2.45) is 11.5 Å². The molecule has 0 aliphatic carbocycles. The molecule has 6 unspecified atom stereocenters. The number of carboxylic acids is 1. The first-order chi connectivity index (χ1) is 14.3. The van der Waals surface area contributed by atoms with Gasteiger partial charge in [-0.05, 0) is 32.3 Å². The molecule has 0 radical (unpaired) electrons. The van der Waals surface area contributed by atoms with Gasteiger partial charge in [0.15, 0.2) is 0 Å². The highest BCUT2D eigenvalue weighted by atomic mass is 32.2. The highest BCUT2D eigenvalue weighted by Gasteiger charge is 2.33. The fourth-order valence-electron chi connectivity index (χ4n) is 2.31. The third-order valence-electron chi connectivity index (χ3n) is 4.15. The van der Waals surface area contributed by atoms with E-state index in [2.05, 4.69) is 10.6 Å². The van der Waals surface area contributed by atoms with Crippen molar-refractivity contribution in [3.05, 3.63) is 0 Å². The van der Waals surface area contributed by atoms with Crippen molar-refractivity contribution in [2.75, 3.05) is 12.0 Å². The molecule has 0 spiro atoms. The Bertz CT molecular complexity index is 660. The molecule has 0 aromatic carbocycles. The highest BCUT2D eigenvalue weighted by molar-refractivity contribution is 7.98. The van der Waals surface area contributed by atoms with Crippen LogP contribution in [0.25, 0.3) is 0 Å². The van der Waals surface area contributed by atoms with Gasteiger partial charge in [-0.2, -0.15) is 11.8 Å². The molecular formula is C17H31N5O8S. The molecule has 0 aliphatic rings. The maximum atomic E-state index is 12.7. The largest absolute Gasteiger partial charge is 0.480 e. The zero-order valence-corrected chi connectivity index (χ0v) is 18.3. The van der Waals surface area contributed by atoms with Crippen molar-refractivity contribution in [2.45, 2.75) is 63.1 Å². The van der Waals surface area contributed by atoms with Gasteiger partial charge in [-0.15, -0.1) is 0 Å². The lowest BCUT2D eigenvalue weighted by molar-refractivity contribution is -0.144. The normalized spacial score (nSPS) is 16.7. The van der Waals surface area contributed by atoms with Crippen molar-refractivity contribution in [3.8, 4) is 0 Å². The van der Waals surface area contributed by atoms with Gasteiger partial charge >= 0.3 is 5.97 Å². The number of aliphatic carboxylic acids is 1. The van der Waals surface area contributed by atoms with Gasteiger partial charge in [-0.1, -0.05) is 0 Å². The molecule has 0 saturated heterocycles. The van der Waals surface area contributed by atoms with Crippen LogP contribution in [0, 0.1) is 0 Å². The maximum absolute atomic E-state index is 12.7. The van der Waals surface area contributed by atoms with E-state index >= 15 is 0 Å². The molecule has 0 aromatic rings. The van der Waals surface area contributed by atoms with Crippen LogP contribution in [0.15, 0.2) is 0 Å². The summed E-state index contributed by atoms with van der Waals surface area (Å²) >= 11 is 1.39. The van der Waals surface area contributed by atoms with Gasteiger partial charge in [0.05, 0.1) is 18.6 Å². The Morgan fingerprint density at radius 1 is 0.903 bits per heavy atom. The molecule has 10 N–H and O–H groups in total. The first kappa shape index (κ1) is 28.6. The van der Waals surface area contributed by atoms with Gasteiger partial charge in [0.1, 0.15) is 24.2 Å². The first-order valence-corrected chi connectivity index (χ1v) is 10.7. The summed E-state index contributed by atoms with van der Waals surface area (Å²) in [6, 6.07) is -5.66. The number of hydrogen-bond acceptors (Lipinski definition) is 9. The number of rotatable bonds is 14. The number of nitrogens with two attached hydrogens (primary N) is 2. The number of amides is 4. The van der Waals surface area contributed by atoms with Gasteiger partial charge < -0.3 is 42.7 Å². The van der Waals surface area contributed by atoms with E-state index in [1.807, 2.05) is 5.32 Å². The molecule has 0 heterocycles. The van der Waals surface area contributed by atoms with Crippen molar-refractivity contribution in [3.63, 3.8) is 0 Å². The van der Waals surface area contributed by atoms with Crippen LogP contribution in [-0.2, 0) is 24.0 Å². The second-order valence-corrected chi connectivity index (χ2v) is 7.89. The van der Waals surface area contributed by atoms with E-state index in [-0.39, 0.29) is 6.42 Å². The molecule has 0 fully saturated rings. The summed E-state index contributed by atoms with van der Waals surface area (Å²) in [6.07, 6.45) is -1.37. The summed E-state index contributed by atoms with van der Waals surface area (Å²) in [5.74, 6) is -4.73. The molecular weight excluding hydrogens is 434 g/mol. The summed E-state index contributed by atoms with van der Waals surface area (Å²) in [6.45, 7) is 2.49. The van der Waals surface area contributed by atoms with Crippen LogP contribution in [0.2, 0.25) is 0 Å². The summed E-state index contributed by atoms with van der Waals surface area (Å²) in [7, 11) is 0. The molecule has 178 valence electrons. The summed E-state index contributed by atoms with van der Waals surface area (Å²) in [5.41, 5.74) is 10.5. The van der Waals surface area contributed by atoms with Gasteiger partial charge in [-0.3, -0.25) is 19.2 Å². The Kier molecular flexibility index (Phi) is 12.7. The predicted molar refractivity (Wildman–Crippen MR) is 112 cm³/mol. The van der Waals surface area contributed by atoms with E-state index in [1.54, 1.807) is 6.26 Å². The molecule has 13 nitrogen and oxygen atoms in total. The zero-order chi connectivity index (χ0) is 24.3. The number of nitrogens with one attached hydrogen (secondary N) is 3. The molecule has 0 bridgehead atoms. The Labute approximate surface area is 183 Å². The molecule has 31 heavy (non-hydrogen) atoms. The van der Waals surface area contributed by atoms with Crippen LogP contribution in [-0.4, -0.2) is 93.3 Å². The van der Waals surface area contributed by atoms with Gasteiger partial charge in [0.2, 0.25) is 23.6 Å². The number of aliphatic hydroxyl groups is 2. The molecule has 0 aromatic heterocycles. The lowest BCUT2D eigenvalue weighted by atomic mass is 10.1. The number of carboxylic acid groups (broad SMARTS) is 1. The number of hydrogen-bond donors (Lipinski definition) is 8. The maximum Gasteiger partial charge on any atom is 0.326 e. The van der Waals surface area contributed by atoms with E-state index in [0.29, 0.717) is 5.75 Å². The Hall–Kier alpha value is -2.42. The number of carbonyl (C=O) groups is 5. The molecule has 14 heteroatoms. The fourth-order valence-corrected chi connectivity index (χ4v) is 2.78. The quantitative estimate of drug-likeness (QED) is 0.125. The number of aliphatic hydroxyl groups excluding tert-OH is 2. The second-order valence-electron chi connectivity index (χ2n) is 6.91. The third kappa shape index (κ3) is 10.4. The Balaban J connectivity index is 5.40. The van der Waals surface area contributed by atoms with E-state index in [9.17, 15) is 34.2 Å². The molecule has 6 atom stereocenters. The summed E-state index contributed by atoms with van der Waals surface area (Å²) < 4.78 is 0. The summed E-state index contributed by atoms with van der Waals surface area (Å²) in [5, 5.41) is 35.1. The fraction of sp³-hybridized carbons (Fsp3) is 0.706. The lowest BCUT2D eigenvalue weighted by Gasteiger charge is -2.26. The molecule has 0 aliphatic heterocycles. The Morgan fingerprint density at radius 2 is 1.45 bits per heavy atom. The second kappa shape index (κ2) is 13.8.